The van der Waals surface area contributed by atoms with Crippen molar-refractivity contribution in [2.45, 2.75) is 17.8 Å². The molecule has 2 aromatic carbocycles. The number of halogens is 6. The molecule has 34 heavy (non-hydrogen) atoms. The van der Waals surface area contributed by atoms with Crippen LogP contribution in [0, 0.1) is 0 Å². The molecule has 7 nitrogen and oxygen atoms in total. The first kappa shape index (κ1) is 26.1. The zero-order valence-electron chi connectivity index (χ0n) is 17.2. The molecule has 14 heteroatoms. The van der Waals surface area contributed by atoms with Crippen LogP contribution in [0.5, 0.6) is 0 Å². The molecule has 0 saturated carbocycles. The molecule has 0 aliphatic rings. The smallest absolute Gasteiger partial charge is 0.326 e. The molecule has 0 atom stereocenters. The van der Waals surface area contributed by atoms with E-state index >= 15 is 0 Å². The van der Waals surface area contributed by atoms with Crippen molar-refractivity contribution in [3.63, 3.8) is 0 Å². The fourth-order valence-electron chi connectivity index (χ4n) is 2.66. The van der Waals surface area contributed by atoms with Crippen LogP contribution < -0.4 is 10.6 Å². The molecule has 1 aromatic heterocycles. The summed E-state index contributed by atoms with van der Waals surface area (Å²) in [5, 5.41) is 13.9. The van der Waals surface area contributed by atoms with Gasteiger partial charge in [-0.25, -0.2) is 0 Å². The Bertz CT molecular complexity index is 1240. The lowest BCUT2D eigenvalue weighted by Crippen LogP contribution is -2.17. The van der Waals surface area contributed by atoms with Crippen molar-refractivity contribution in [2.24, 2.45) is 7.05 Å². The van der Waals surface area contributed by atoms with E-state index < -0.39 is 17.6 Å². The number of carbonyl (C=O) groups is 2. The average molecular weight is 553 g/mol. The minimum absolute atomic E-state index is 0.0275. The third-order valence-corrected chi connectivity index (χ3v) is 6.44. The number of rotatable bonds is 7. The second-order valence-electron chi connectivity index (χ2n) is 6.84. The van der Waals surface area contributed by atoms with E-state index in [0.717, 1.165) is 30.0 Å². The van der Waals surface area contributed by atoms with Crippen molar-refractivity contribution in [1.29, 1.82) is 0 Å². The molecule has 0 radical (unpaired) electrons. The quantitative estimate of drug-likeness (QED) is 0.367. The van der Waals surface area contributed by atoms with Crippen LogP contribution in [0.25, 0.3) is 0 Å². The van der Waals surface area contributed by atoms with Crippen molar-refractivity contribution in [1.82, 2.24) is 14.8 Å². The molecule has 180 valence electrons. The van der Waals surface area contributed by atoms with Crippen molar-refractivity contribution >= 4 is 69.8 Å². The number of amides is 2. The topological polar surface area (TPSA) is 88.9 Å². The second kappa shape index (κ2) is 10.9. The Morgan fingerprint density at radius 1 is 0.971 bits per heavy atom. The average Bonchev–Trinajstić information content (AvgIpc) is 3.09. The number of aromatic nitrogens is 3. The zero-order chi connectivity index (χ0) is 25.0. The van der Waals surface area contributed by atoms with E-state index in [2.05, 4.69) is 20.8 Å². The third kappa shape index (κ3) is 6.78. The normalized spacial score (nSPS) is 11.4. The summed E-state index contributed by atoms with van der Waals surface area (Å²) in [7, 11) is 1.62. The molecule has 0 aliphatic carbocycles. The first-order valence-electron chi connectivity index (χ1n) is 9.36. The summed E-state index contributed by atoms with van der Waals surface area (Å²) >= 11 is 18.7. The number of nitrogens with one attached hydrogen (secondary N) is 2. The number of thioether (sulfide) groups is 1. The van der Waals surface area contributed by atoms with Crippen molar-refractivity contribution in [2.75, 3.05) is 16.4 Å². The standard InChI is InChI=1S/C20H15Cl3F3N5O2S/c1-31-16(8-17(32)27-11-3-5-12(21)14(23)7-11)29-30-19(31)34-9-18(33)28-15-6-10(20(24,25)26)2-4-13(15)22/h2-7H,8-9H2,1H3,(H,27,32)(H,28,33). The van der Waals surface area contributed by atoms with Gasteiger partial charge in [-0.05, 0) is 36.4 Å². The van der Waals surface area contributed by atoms with Crippen LogP contribution in [0.4, 0.5) is 24.5 Å². The number of benzene rings is 2. The van der Waals surface area contributed by atoms with Gasteiger partial charge in [0.25, 0.3) is 0 Å². The molecule has 0 fully saturated rings. The minimum atomic E-state index is -4.57. The largest absolute Gasteiger partial charge is 0.416 e. The molecule has 0 bridgehead atoms. The van der Waals surface area contributed by atoms with Gasteiger partial charge in [-0.3, -0.25) is 9.59 Å². The van der Waals surface area contributed by atoms with Gasteiger partial charge in [0.2, 0.25) is 11.8 Å². The van der Waals surface area contributed by atoms with Crippen LogP contribution in [-0.4, -0.2) is 32.3 Å². The first-order valence-corrected chi connectivity index (χ1v) is 11.5. The summed E-state index contributed by atoms with van der Waals surface area (Å²) in [5.74, 6) is -0.800. The molecule has 0 saturated heterocycles. The van der Waals surface area contributed by atoms with Gasteiger partial charge in [0.1, 0.15) is 5.82 Å². The maximum absolute atomic E-state index is 12.9. The fraction of sp³-hybridized carbons (Fsp3) is 0.200. The Hall–Kier alpha value is -2.47. The minimum Gasteiger partial charge on any atom is -0.326 e. The van der Waals surface area contributed by atoms with Gasteiger partial charge in [-0.2, -0.15) is 13.2 Å². The Kier molecular flexibility index (Phi) is 8.34. The molecule has 0 unspecified atom stereocenters. The molecular weight excluding hydrogens is 538 g/mol. The van der Waals surface area contributed by atoms with Gasteiger partial charge in [-0.15, -0.1) is 10.2 Å². The lowest BCUT2D eigenvalue weighted by Gasteiger charge is -2.11. The van der Waals surface area contributed by atoms with E-state index in [1.807, 2.05) is 0 Å². The lowest BCUT2D eigenvalue weighted by atomic mass is 10.2. The second-order valence-corrected chi connectivity index (χ2v) is 9.00. The molecule has 0 aliphatic heterocycles. The van der Waals surface area contributed by atoms with E-state index in [1.165, 1.54) is 10.6 Å². The van der Waals surface area contributed by atoms with E-state index in [1.54, 1.807) is 19.2 Å². The highest BCUT2D eigenvalue weighted by atomic mass is 35.5. The lowest BCUT2D eigenvalue weighted by molar-refractivity contribution is -0.137. The highest BCUT2D eigenvalue weighted by Gasteiger charge is 2.31. The van der Waals surface area contributed by atoms with Gasteiger partial charge >= 0.3 is 6.18 Å². The Morgan fingerprint density at radius 2 is 1.68 bits per heavy atom. The highest BCUT2D eigenvalue weighted by molar-refractivity contribution is 7.99. The first-order chi connectivity index (χ1) is 15.9. The van der Waals surface area contributed by atoms with Crippen LogP contribution in [0.15, 0.2) is 41.6 Å². The maximum Gasteiger partial charge on any atom is 0.416 e. The Labute approximate surface area is 211 Å². The van der Waals surface area contributed by atoms with E-state index in [4.69, 9.17) is 34.8 Å². The van der Waals surface area contributed by atoms with Crippen LogP contribution in [-0.2, 0) is 29.2 Å². The van der Waals surface area contributed by atoms with Gasteiger partial charge in [0.15, 0.2) is 5.16 Å². The number of hydrogen-bond donors (Lipinski definition) is 2. The van der Waals surface area contributed by atoms with Crippen molar-refractivity contribution in [3.8, 4) is 0 Å². The predicted molar refractivity (Wildman–Crippen MR) is 126 cm³/mol. The number of anilines is 2. The van der Waals surface area contributed by atoms with E-state index in [-0.39, 0.29) is 28.8 Å². The van der Waals surface area contributed by atoms with Crippen LogP contribution >= 0.6 is 46.6 Å². The molecule has 2 N–H and O–H groups in total. The summed E-state index contributed by atoms with van der Waals surface area (Å²) in [4.78, 5) is 24.5. The number of hydrogen-bond acceptors (Lipinski definition) is 5. The fourth-order valence-corrected chi connectivity index (χ4v) is 3.85. The predicted octanol–water partition coefficient (Wildman–Crippen LogP) is 5.71. The van der Waals surface area contributed by atoms with Crippen molar-refractivity contribution in [3.05, 3.63) is 62.9 Å². The van der Waals surface area contributed by atoms with E-state index in [9.17, 15) is 22.8 Å². The Morgan fingerprint density at radius 3 is 2.35 bits per heavy atom. The number of alkyl halides is 3. The molecule has 0 spiro atoms. The van der Waals surface area contributed by atoms with E-state index in [0.29, 0.717) is 26.7 Å². The number of carbonyl (C=O) groups excluding carboxylic acids is 2. The molecule has 1 heterocycles. The summed E-state index contributed by atoms with van der Waals surface area (Å²) in [5.41, 5.74) is -0.627. The molecule has 2 amide bonds. The molecule has 3 aromatic rings. The highest BCUT2D eigenvalue weighted by Crippen LogP contribution is 2.34. The number of nitrogens with zero attached hydrogens (tertiary/aromatic N) is 3. The Balaban J connectivity index is 1.57. The summed E-state index contributed by atoms with van der Waals surface area (Å²) in [6.07, 6.45) is -4.67. The van der Waals surface area contributed by atoms with Crippen LogP contribution in [0.1, 0.15) is 11.4 Å². The van der Waals surface area contributed by atoms with Crippen LogP contribution in [0.2, 0.25) is 15.1 Å². The van der Waals surface area contributed by atoms with Crippen molar-refractivity contribution < 1.29 is 22.8 Å². The summed E-state index contributed by atoms with van der Waals surface area (Å²) in [6.45, 7) is 0. The van der Waals surface area contributed by atoms with Gasteiger partial charge < -0.3 is 15.2 Å². The maximum atomic E-state index is 12.9. The SMILES string of the molecule is Cn1c(CC(=O)Nc2ccc(Cl)c(Cl)c2)nnc1SCC(=O)Nc1cc(C(F)(F)F)ccc1Cl. The van der Waals surface area contributed by atoms with Crippen LogP contribution in [0.3, 0.4) is 0 Å². The zero-order valence-corrected chi connectivity index (χ0v) is 20.3. The van der Waals surface area contributed by atoms with Gasteiger partial charge in [-0.1, -0.05) is 46.6 Å². The molecular formula is C20H15Cl3F3N5O2S. The summed E-state index contributed by atoms with van der Waals surface area (Å²) in [6, 6.07) is 7.30. The molecule has 3 rings (SSSR count). The van der Waals surface area contributed by atoms with Gasteiger partial charge in [0.05, 0.1) is 38.5 Å². The van der Waals surface area contributed by atoms with Gasteiger partial charge in [0, 0.05) is 12.7 Å². The monoisotopic (exact) mass is 551 g/mol. The summed E-state index contributed by atoms with van der Waals surface area (Å²) < 4.78 is 40.2. The third-order valence-electron chi connectivity index (χ3n) is 4.35.